The molecule has 0 unspecified atom stereocenters. The molecule has 2 rings (SSSR count). The molecule has 1 aliphatic carbocycles. The first-order valence-electron chi connectivity index (χ1n) is 8.87. The lowest BCUT2D eigenvalue weighted by Crippen LogP contribution is -2.41. The minimum Gasteiger partial charge on any atom is -0.447 e. The summed E-state index contributed by atoms with van der Waals surface area (Å²) < 4.78 is 5.40. The van der Waals surface area contributed by atoms with Gasteiger partial charge in [-0.15, -0.1) is 0 Å². The molecule has 0 aromatic heterocycles. The Morgan fingerprint density at radius 3 is 2.44 bits per heavy atom. The van der Waals surface area contributed by atoms with Gasteiger partial charge in [-0.2, -0.15) is 0 Å². The lowest BCUT2D eigenvalue weighted by Gasteiger charge is -2.22. The minimum absolute atomic E-state index is 0.293. The summed E-state index contributed by atoms with van der Waals surface area (Å²) in [6.07, 6.45) is 5.99. The van der Waals surface area contributed by atoms with E-state index in [1.807, 2.05) is 6.07 Å². The summed E-state index contributed by atoms with van der Waals surface area (Å²) in [5.41, 5.74) is 0.537. The van der Waals surface area contributed by atoms with Gasteiger partial charge in [-0.05, 0) is 12.3 Å². The maximum atomic E-state index is 12.3. The first-order chi connectivity index (χ1) is 12.1. The summed E-state index contributed by atoms with van der Waals surface area (Å²) in [7, 11) is 1.41. The van der Waals surface area contributed by atoms with Gasteiger partial charge in [0.1, 0.15) is 0 Å². The van der Waals surface area contributed by atoms with Crippen molar-refractivity contribution < 1.29 is 19.1 Å². The minimum atomic E-state index is -1.13. The molecule has 6 heteroatoms. The molecule has 6 nitrogen and oxygen atoms in total. The van der Waals surface area contributed by atoms with Gasteiger partial charge in [0.15, 0.2) is 0 Å². The van der Waals surface area contributed by atoms with Gasteiger partial charge in [-0.3, -0.25) is 14.9 Å². The predicted octanol–water partition coefficient (Wildman–Crippen LogP) is 3.09. The molecule has 0 spiro atoms. The topological polar surface area (TPSA) is 84.5 Å². The van der Waals surface area contributed by atoms with E-state index in [1.165, 1.54) is 26.3 Å². The fraction of sp³-hybridized carbons (Fsp3) is 0.526. The van der Waals surface area contributed by atoms with Crippen LogP contribution in [0.5, 0.6) is 0 Å². The van der Waals surface area contributed by atoms with Crippen LogP contribution in [0, 0.1) is 5.92 Å². The molecule has 0 saturated heterocycles. The Morgan fingerprint density at radius 1 is 1.12 bits per heavy atom. The molecule has 0 radical (unpaired) electrons. The molecule has 1 atom stereocenters. The molecule has 1 aromatic rings. The molecule has 2 N–H and O–H groups in total. The van der Waals surface area contributed by atoms with Crippen molar-refractivity contribution in [3.05, 3.63) is 35.9 Å². The maximum Gasteiger partial charge on any atom is 0.321 e. The zero-order chi connectivity index (χ0) is 18.1. The van der Waals surface area contributed by atoms with Crippen LogP contribution in [-0.2, 0) is 14.3 Å². The Hall–Kier alpha value is -2.37. The van der Waals surface area contributed by atoms with Gasteiger partial charge in [0.2, 0.25) is 6.10 Å². The second kappa shape index (κ2) is 9.81. The van der Waals surface area contributed by atoms with Crippen LogP contribution in [0.4, 0.5) is 4.79 Å². The van der Waals surface area contributed by atoms with E-state index in [2.05, 4.69) is 10.6 Å². The lowest BCUT2D eigenvalue weighted by atomic mass is 9.86. The second-order valence-electron chi connectivity index (χ2n) is 6.39. The molecule has 1 fully saturated rings. The zero-order valence-electron chi connectivity index (χ0n) is 14.6. The molecule has 1 aromatic carbocycles. The predicted molar refractivity (Wildman–Crippen MR) is 93.7 cm³/mol. The quantitative estimate of drug-likeness (QED) is 0.775. The summed E-state index contributed by atoms with van der Waals surface area (Å²) in [5.74, 6) is -0.501. The summed E-state index contributed by atoms with van der Waals surface area (Å²) in [5, 5.41) is 4.49. The molecule has 3 amide bonds. The largest absolute Gasteiger partial charge is 0.447 e. The molecular formula is C19H26N2O4. The van der Waals surface area contributed by atoms with Gasteiger partial charge in [0, 0.05) is 19.0 Å². The fourth-order valence-corrected chi connectivity index (χ4v) is 3.13. The number of amides is 3. The molecule has 0 heterocycles. The highest BCUT2D eigenvalue weighted by molar-refractivity contribution is 5.97. The molecule has 0 bridgehead atoms. The SMILES string of the molecule is CNC(=O)NC(=O)[C@@H](OC(=O)CCC1CCCCC1)c1ccccc1. The summed E-state index contributed by atoms with van der Waals surface area (Å²) >= 11 is 0. The van der Waals surface area contributed by atoms with Crippen molar-refractivity contribution >= 4 is 17.9 Å². The van der Waals surface area contributed by atoms with Crippen LogP contribution in [0.3, 0.4) is 0 Å². The first kappa shape index (κ1) is 19.0. The van der Waals surface area contributed by atoms with Crippen LogP contribution in [0.25, 0.3) is 0 Å². The van der Waals surface area contributed by atoms with Crippen molar-refractivity contribution in [2.24, 2.45) is 5.92 Å². The number of carbonyl (C=O) groups is 3. The van der Waals surface area contributed by atoms with E-state index in [9.17, 15) is 14.4 Å². The summed E-state index contributed by atoms with van der Waals surface area (Å²) in [6, 6.07) is 8.08. The fourth-order valence-electron chi connectivity index (χ4n) is 3.13. The van der Waals surface area contributed by atoms with Gasteiger partial charge in [0.25, 0.3) is 5.91 Å². The average Bonchev–Trinajstić information content (AvgIpc) is 2.65. The van der Waals surface area contributed by atoms with E-state index in [4.69, 9.17) is 4.74 Å². The van der Waals surface area contributed by atoms with Crippen molar-refractivity contribution in [3.8, 4) is 0 Å². The van der Waals surface area contributed by atoms with Gasteiger partial charge >= 0.3 is 12.0 Å². The van der Waals surface area contributed by atoms with E-state index >= 15 is 0 Å². The molecule has 136 valence electrons. The van der Waals surface area contributed by atoms with Crippen LogP contribution in [0.1, 0.15) is 56.6 Å². The second-order valence-corrected chi connectivity index (χ2v) is 6.39. The number of nitrogens with one attached hydrogen (secondary N) is 2. The Kier molecular flexibility index (Phi) is 7.44. The maximum absolute atomic E-state index is 12.3. The van der Waals surface area contributed by atoms with E-state index in [0.29, 0.717) is 17.9 Å². The monoisotopic (exact) mass is 346 g/mol. The van der Waals surface area contributed by atoms with Crippen molar-refractivity contribution in [2.75, 3.05) is 7.05 Å². The van der Waals surface area contributed by atoms with Crippen LogP contribution in [0.15, 0.2) is 30.3 Å². The highest BCUT2D eigenvalue weighted by Crippen LogP contribution is 2.28. The number of ether oxygens (including phenoxy) is 1. The van der Waals surface area contributed by atoms with E-state index in [0.717, 1.165) is 19.3 Å². The third-order valence-corrected chi connectivity index (χ3v) is 4.53. The highest BCUT2D eigenvalue weighted by Gasteiger charge is 2.26. The van der Waals surface area contributed by atoms with Crippen LogP contribution < -0.4 is 10.6 Å². The van der Waals surface area contributed by atoms with Crippen LogP contribution in [0.2, 0.25) is 0 Å². The van der Waals surface area contributed by atoms with Crippen LogP contribution >= 0.6 is 0 Å². The standard InChI is InChI=1S/C19H26N2O4/c1-20-19(24)21-18(23)17(15-10-6-3-7-11-15)25-16(22)13-12-14-8-4-2-5-9-14/h3,6-7,10-11,14,17H,2,4-5,8-9,12-13H2,1H3,(H2,20,21,23,24)/t17-/m0/s1. The molecule has 0 aliphatic heterocycles. The van der Waals surface area contributed by atoms with Crippen molar-refractivity contribution in [1.29, 1.82) is 0 Å². The number of imide groups is 1. The molecule has 1 saturated carbocycles. The van der Waals surface area contributed by atoms with Crippen molar-refractivity contribution in [2.45, 2.75) is 51.0 Å². The van der Waals surface area contributed by atoms with Crippen molar-refractivity contribution in [1.82, 2.24) is 10.6 Å². The van der Waals surface area contributed by atoms with E-state index in [-0.39, 0.29) is 0 Å². The number of rotatable bonds is 6. The Morgan fingerprint density at radius 2 is 1.80 bits per heavy atom. The van der Waals surface area contributed by atoms with Gasteiger partial charge in [-0.25, -0.2) is 4.79 Å². The average molecular weight is 346 g/mol. The number of hydrogen-bond acceptors (Lipinski definition) is 4. The third kappa shape index (κ3) is 6.21. The Balaban J connectivity index is 1.96. The van der Waals surface area contributed by atoms with E-state index < -0.39 is 24.0 Å². The third-order valence-electron chi connectivity index (χ3n) is 4.53. The van der Waals surface area contributed by atoms with Crippen LogP contribution in [-0.4, -0.2) is 25.0 Å². The number of esters is 1. The number of carbonyl (C=O) groups excluding carboxylic acids is 3. The Bertz CT molecular complexity index is 582. The first-order valence-corrected chi connectivity index (χ1v) is 8.87. The normalized spacial score (nSPS) is 15.9. The molecule has 25 heavy (non-hydrogen) atoms. The van der Waals surface area contributed by atoms with Gasteiger partial charge < -0.3 is 10.1 Å². The molecular weight excluding hydrogens is 320 g/mol. The van der Waals surface area contributed by atoms with E-state index in [1.54, 1.807) is 24.3 Å². The lowest BCUT2D eigenvalue weighted by molar-refractivity contribution is -0.156. The number of urea groups is 1. The highest BCUT2D eigenvalue weighted by atomic mass is 16.5. The zero-order valence-corrected chi connectivity index (χ0v) is 14.6. The number of benzene rings is 1. The smallest absolute Gasteiger partial charge is 0.321 e. The Labute approximate surface area is 148 Å². The van der Waals surface area contributed by atoms with Gasteiger partial charge in [0.05, 0.1) is 0 Å². The summed E-state index contributed by atoms with van der Waals surface area (Å²) in [6.45, 7) is 0. The number of hydrogen-bond donors (Lipinski definition) is 2. The molecule has 1 aliphatic rings. The van der Waals surface area contributed by atoms with Crippen molar-refractivity contribution in [3.63, 3.8) is 0 Å². The summed E-state index contributed by atoms with van der Waals surface area (Å²) in [4.78, 5) is 35.9. The van der Waals surface area contributed by atoms with Gasteiger partial charge in [-0.1, -0.05) is 62.4 Å².